The van der Waals surface area contributed by atoms with Crippen molar-refractivity contribution in [1.82, 2.24) is 5.32 Å². The normalized spacial score (nSPS) is 10.9. The maximum atomic E-state index is 12.1. The zero-order chi connectivity index (χ0) is 18.9. The zero-order valence-electron chi connectivity index (χ0n) is 14.1. The van der Waals surface area contributed by atoms with Crippen LogP contribution in [0.3, 0.4) is 0 Å². The molecule has 0 spiro atoms. The lowest BCUT2D eigenvalue weighted by atomic mass is 10.2. The molecule has 2 N–H and O–H groups in total. The summed E-state index contributed by atoms with van der Waals surface area (Å²) < 4.78 is 5.00. The third kappa shape index (κ3) is 5.18. The molecule has 7 nitrogen and oxygen atoms in total. The van der Waals surface area contributed by atoms with Crippen molar-refractivity contribution in [3.8, 4) is 6.07 Å². The molecule has 0 heterocycles. The highest BCUT2D eigenvalue weighted by Gasteiger charge is 2.19. The van der Waals surface area contributed by atoms with Gasteiger partial charge in [-0.05, 0) is 31.2 Å². The number of benzene rings is 2. The van der Waals surface area contributed by atoms with Gasteiger partial charge in [0.15, 0.2) is 6.10 Å². The lowest BCUT2D eigenvalue weighted by Gasteiger charge is -2.14. The topological polar surface area (TPSA) is 108 Å². The SMILES string of the molecule is C[C@H](OC(=O)CNC(=O)c1ccccc1)C(=O)Nc1ccccc1C#N. The summed E-state index contributed by atoms with van der Waals surface area (Å²) in [4.78, 5) is 35.7. The fourth-order valence-electron chi connectivity index (χ4n) is 2.06. The highest BCUT2D eigenvalue weighted by molar-refractivity contribution is 5.97. The zero-order valence-corrected chi connectivity index (χ0v) is 14.1. The number of nitrogens with zero attached hydrogens (tertiary/aromatic N) is 1. The molecule has 0 saturated carbocycles. The number of ether oxygens (including phenoxy) is 1. The van der Waals surface area contributed by atoms with E-state index in [4.69, 9.17) is 10.00 Å². The first kappa shape index (κ1) is 18.7. The summed E-state index contributed by atoms with van der Waals surface area (Å²) in [6.45, 7) is 1.04. The molecule has 26 heavy (non-hydrogen) atoms. The fourth-order valence-corrected chi connectivity index (χ4v) is 2.06. The lowest BCUT2D eigenvalue weighted by Crippen LogP contribution is -2.35. The van der Waals surface area contributed by atoms with Crippen LogP contribution in [0.2, 0.25) is 0 Å². The van der Waals surface area contributed by atoms with Crippen molar-refractivity contribution in [3.63, 3.8) is 0 Å². The molecule has 2 aromatic rings. The summed E-state index contributed by atoms with van der Waals surface area (Å²) in [6.07, 6.45) is -1.08. The lowest BCUT2D eigenvalue weighted by molar-refractivity contribution is -0.152. The van der Waals surface area contributed by atoms with Gasteiger partial charge in [-0.2, -0.15) is 5.26 Å². The second kappa shape index (κ2) is 8.99. The predicted molar refractivity (Wildman–Crippen MR) is 94.1 cm³/mol. The first-order chi connectivity index (χ1) is 12.5. The van der Waals surface area contributed by atoms with Crippen molar-refractivity contribution in [3.05, 3.63) is 65.7 Å². The smallest absolute Gasteiger partial charge is 0.326 e. The molecule has 0 unspecified atom stereocenters. The van der Waals surface area contributed by atoms with E-state index >= 15 is 0 Å². The number of nitriles is 1. The van der Waals surface area contributed by atoms with E-state index in [0.29, 0.717) is 16.8 Å². The Bertz CT molecular complexity index is 843. The number of hydrogen-bond donors (Lipinski definition) is 2. The second-order valence-electron chi connectivity index (χ2n) is 5.33. The van der Waals surface area contributed by atoms with Crippen LogP contribution in [0.4, 0.5) is 5.69 Å². The molecule has 0 saturated heterocycles. The molecule has 0 aliphatic heterocycles. The Kier molecular flexibility index (Phi) is 6.46. The maximum Gasteiger partial charge on any atom is 0.326 e. The second-order valence-corrected chi connectivity index (χ2v) is 5.33. The van der Waals surface area contributed by atoms with Crippen LogP contribution in [-0.4, -0.2) is 30.4 Å². The number of amides is 2. The predicted octanol–water partition coefficient (Wildman–Crippen LogP) is 1.86. The largest absolute Gasteiger partial charge is 0.451 e. The summed E-state index contributed by atoms with van der Waals surface area (Å²) in [5, 5.41) is 14.0. The van der Waals surface area contributed by atoms with Crippen LogP contribution in [0.25, 0.3) is 0 Å². The molecule has 1 atom stereocenters. The van der Waals surface area contributed by atoms with E-state index in [0.717, 1.165) is 0 Å². The molecule has 2 aromatic carbocycles. The average molecular weight is 351 g/mol. The summed E-state index contributed by atoms with van der Waals surface area (Å²) in [5.74, 6) is -1.73. The van der Waals surface area contributed by atoms with Gasteiger partial charge in [0.25, 0.3) is 11.8 Å². The third-order valence-corrected chi connectivity index (χ3v) is 3.41. The fraction of sp³-hybridized carbons (Fsp3) is 0.158. The summed E-state index contributed by atoms with van der Waals surface area (Å²) in [6, 6.07) is 16.9. The highest BCUT2D eigenvalue weighted by atomic mass is 16.5. The van der Waals surface area contributed by atoms with E-state index in [-0.39, 0.29) is 6.54 Å². The number of nitrogens with one attached hydrogen (secondary N) is 2. The van der Waals surface area contributed by atoms with Crippen molar-refractivity contribution in [2.75, 3.05) is 11.9 Å². The summed E-state index contributed by atoms with van der Waals surface area (Å²) in [7, 11) is 0. The average Bonchev–Trinajstić information content (AvgIpc) is 2.67. The number of para-hydroxylation sites is 1. The Labute approximate surface area is 150 Å². The van der Waals surface area contributed by atoms with Crippen LogP contribution in [0.1, 0.15) is 22.8 Å². The molecule has 0 radical (unpaired) electrons. The molecule has 7 heteroatoms. The number of anilines is 1. The Morgan fingerprint density at radius 2 is 1.73 bits per heavy atom. The van der Waals surface area contributed by atoms with Crippen molar-refractivity contribution in [2.45, 2.75) is 13.0 Å². The van der Waals surface area contributed by atoms with Gasteiger partial charge in [0.05, 0.1) is 11.3 Å². The van der Waals surface area contributed by atoms with Gasteiger partial charge in [0.1, 0.15) is 12.6 Å². The van der Waals surface area contributed by atoms with E-state index in [2.05, 4.69) is 10.6 Å². The molecule has 2 rings (SSSR count). The number of rotatable bonds is 6. The minimum atomic E-state index is -1.08. The molecular formula is C19H17N3O4. The van der Waals surface area contributed by atoms with Crippen LogP contribution in [-0.2, 0) is 14.3 Å². The van der Waals surface area contributed by atoms with Crippen LogP contribution in [0.5, 0.6) is 0 Å². The monoisotopic (exact) mass is 351 g/mol. The Morgan fingerprint density at radius 1 is 1.08 bits per heavy atom. The number of carbonyl (C=O) groups excluding carboxylic acids is 3. The van der Waals surface area contributed by atoms with Crippen LogP contribution < -0.4 is 10.6 Å². The molecule has 0 aliphatic carbocycles. The quantitative estimate of drug-likeness (QED) is 0.772. The Morgan fingerprint density at radius 3 is 2.42 bits per heavy atom. The minimum absolute atomic E-state index is 0.300. The number of carbonyl (C=O) groups is 3. The van der Waals surface area contributed by atoms with E-state index in [1.165, 1.54) is 6.92 Å². The highest BCUT2D eigenvalue weighted by Crippen LogP contribution is 2.14. The van der Waals surface area contributed by atoms with Crippen molar-refractivity contribution < 1.29 is 19.1 Å². The van der Waals surface area contributed by atoms with Gasteiger partial charge in [0.2, 0.25) is 0 Å². The van der Waals surface area contributed by atoms with Gasteiger partial charge >= 0.3 is 5.97 Å². The Balaban J connectivity index is 1.83. The summed E-state index contributed by atoms with van der Waals surface area (Å²) >= 11 is 0. The van der Waals surface area contributed by atoms with Crippen LogP contribution >= 0.6 is 0 Å². The molecular weight excluding hydrogens is 334 g/mol. The van der Waals surface area contributed by atoms with Crippen LogP contribution in [0.15, 0.2) is 54.6 Å². The van der Waals surface area contributed by atoms with E-state index < -0.39 is 23.9 Å². The standard InChI is InChI=1S/C19H17N3O4/c1-13(18(24)22-16-10-6-5-9-15(16)11-20)26-17(23)12-21-19(25)14-7-3-2-4-8-14/h2-10,13H,12H2,1H3,(H,21,25)(H,22,24)/t13-/m0/s1. The minimum Gasteiger partial charge on any atom is -0.451 e. The van der Waals surface area contributed by atoms with Crippen LogP contribution in [0, 0.1) is 11.3 Å². The van der Waals surface area contributed by atoms with Crippen molar-refractivity contribution in [1.29, 1.82) is 5.26 Å². The van der Waals surface area contributed by atoms with E-state index in [1.54, 1.807) is 54.6 Å². The Hall–Kier alpha value is -3.66. The van der Waals surface area contributed by atoms with Gasteiger partial charge in [-0.25, -0.2) is 0 Å². The molecule has 0 aliphatic rings. The molecule has 0 aromatic heterocycles. The van der Waals surface area contributed by atoms with E-state index in [9.17, 15) is 14.4 Å². The summed E-state index contributed by atoms with van der Waals surface area (Å²) in [5.41, 5.74) is 1.05. The molecule has 0 fully saturated rings. The van der Waals surface area contributed by atoms with Crippen molar-refractivity contribution >= 4 is 23.5 Å². The maximum absolute atomic E-state index is 12.1. The molecule has 132 valence electrons. The van der Waals surface area contributed by atoms with E-state index in [1.807, 2.05) is 6.07 Å². The molecule has 2 amide bonds. The number of hydrogen-bond acceptors (Lipinski definition) is 5. The first-order valence-electron chi connectivity index (χ1n) is 7.84. The first-order valence-corrected chi connectivity index (χ1v) is 7.84. The van der Waals surface area contributed by atoms with Gasteiger partial charge in [-0.3, -0.25) is 14.4 Å². The van der Waals surface area contributed by atoms with Gasteiger partial charge in [-0.15, -0.1) is 0 Å². The van der Waals surface area contributed by atoms with Gasteiger partial charge < -0.3 is 15.4 Å². The van der Waals surface area contributed by atoms with Crippen molar-refractivity contribution in [2.24, 2.45) is 0 Å². The number of esters is 1. The van der Waals surface area contributed by atoms with Gasteiger partial charge in [0, 0.05) is 5.56 Å². The molecule has 0 bridgehead atoms. The third-order valence-electron chi connectivity index (χ3n) is 3.41. The van der Waals surface area contributed by atoms with Gasteiger partial charge in [-0.1, -0.05) is 30.3 Å².